The van der Waals surface area contributed by atoms with Crippen LogP contribution in [0.15, 0.2) is 96.4 Å². The van der Waals surface area contributed by atoms with E-state index < -0.39 is 0 Å². The van der Waals surface area contributed by atoms with Gasteiger partial charge in [0.15, 0.2) is 5.84 Å². The quantitative estimate of drug-likeness (QED) is 0.489. The number of ether oxygens (including phenoxy) is 1. The van der Waals surface area contributed by atoms with Crippen LogP contribution in [0.3, 0.4) is 0 Å². The molecule has 6 nitrogen and oxygen atoms in total. The first-order valence-electron chi connectivity index (χ1n) is 10.3. The number of nitrogens with one attached hydrogen (secondary N) is 1. The van der Waals surface area contributed by atoms with Gasteiger partial charge in [0.2, 0.25) is 0 Å². The van der Waals surface area contributed by atoms with Crippen LogP contribution >= 0.6 is 0 Å². The molecule has 0 radical (unpaired) electrons. The zero-order chi connectivity index (χ0) is 22.2. The Morgan fingerprint density at radius 3 is 2.41 bits per heavy atom. The highest BCUT2D eigenvalue weighted by Crippen LogP contribution is 2.36. The van der Waals surface area contributed by atoms with Crippen molar-refractivity contribution in [2.24, 2.45) is 4.99 Å². The number of carbonyl (C=O) groups is 1. The number of benzene rings is 2. The predicted molar refractivity (Wildman–Crippen MR) is 128 cm³/mol. The van der Waals surface area contributed by atoms with Gasteiger partial charge in [-0.05, 0) is 66.6 Å². The average molecular weight is 422 g/mol. The molecular formula is C26H22N4O2. The predicted octanol–water partition coefficient (Wildman–Crippen LogP) is 5.25. The van der Waals surface area contributed by atoms with Gasteiger partial charge in [-0.25, -0.2) is 4.99 Å². The average Bonchev–Trinajstić information content (AvgIpc) is 3.27. The zero-order valence-electron chi connectivity index (χ0n) is 17.9. The number of hydrogen-bond acceptors (Lipinski definition) is 4. The van der Waals surface area contributed by atoms with Crippen LogP contribution in [0, 0.1) is 6.92 Å². The van der Waals surface area contributed by atoms with E-state index in [1.807, 2.05) is 85.9 Å². The van der Waals surface area contributed by atoms with E-state index in [0.717, 1.165) is 39.5 Å². The highest BCUT2D eigenvalue weighted by molar-refractivity contribution is 6.49. The standard InChI is InChI=1S/C26H22N4O2/c1-17-23(28-25-26(31)30(18(2)27-25)20-9-5-4-6-10-20)22-11-7-8-16-29(22)24(17)19-12-14-21(32-3)15-13-19/h4-16H,2H2,1,3H3,(H,27,28). The Morgan fingerprint density at radius 2 is 1.69 bits per heavy atom. The van der Waals surface area contributed by atoms with Crippen molar-refractivity contribution in [3.05, 3.63) is 97.0 Å². The number of aromatic nitrogens is 1. The molecule has 0 fully saturated rings. The number of nitrogens with zero attached hydrogens (tertiary/aromatic N) is 3. The van der Waals surface area contributed by atoms with Crippen molar-refractivity contribution in [3.8, 4) is 17.0 Å². The molecule has 4 aromatic rings. The molecule has 0 aliphatic carbocycles. The number of hydrogen-bond donors (Lipinski definition) is 1. The number of fused-ring (bicyclic) bond motifs is 1. The lowest BCUT2D eigenvalue weighted by Gasteiger charge is -2.15. The van der Waals surface area contributed by atoms with E-state index in [1.54, 1.807) is 7.11 Å². The van der Waals surface area contributed by atoms with E-state index in [0.29, 0.717) is 5.82 Å². The Labute approximate surface area is 186 Å². The lowest BCUT2D eigenvalue weighted by Crippen LogP contribution is -2.32. The molecule has 2 aromatic heterocycles. The second-order valence-electron chi connectivity index (χ2n) is 7.51. The molecule has 158 valence electrons. The van der Waals surface area contributed by atoms with Crippen molar-refractivity contribution in [3.63, 3.8) is 0 Å². The molecule has 1 N–H and O–H groups in total. The largest absolute Gasteiger partial charge is 0.497 e. The topological polar surface area (TPSA) is 58.3 Å². The number of para-hydroxylation sites is 1. The summed E-state index contributed by atoms with van der Waals surface area (Å²) < 4.78 is 7.41. The van der Waals surface area contributed by atoms with Gasteiger partial charge in [0.1, 0.15) is 11.6 Å². The van der Waals surface area contributed by atoms with Gasteiger partial charge in [-0.1, -0.05) is 30.8 Å². The third kappa shape index (κ3) is 3.13. The maximum atomic E-state index is 13.2. The molecule has 0 bridgehead atoms. The van der Waals surface area contributed by atoms with Crippen LogP contribution in [-0.4, -0.2) is 23.3 Å². The highest BCUT2D eigenvalue weighted by Gasteiger charge is 2.31. The maximum absolute atomic E-state index is 13.2. The van der Waals surface area contributed by atoms with Crippen molar-refractivity contribution in [1.29, 1.82) is 0 Å². The molecular weight excluding hydrogens is 400 g/mol. The number of aliphatic imine (C=N–C) groups is 1. The summed E-state index contributed by atoms with van der Waals surface area (Å²) in [6.07, 6.45) is 2.01. The smallest absolute Gasteiger partial charge is 0.299 e. The summed E-state index contributed by atoms with van der Waals surface area (Å²) in [5, 5.41) is 3.30. The number of rotatable bonds is 4. The van der Waals surface area contributed by atoms with Gasteiger partial charge in [-0.15, -0.1) is 0 Å². The Morgan fingerprint density at radius 1 is 0.969 bits per heavy atom. The van der Waals surface area contributed by atoms with Crippen LogP contribution in [0.4, 0.5) is 11.4 Å². The lowest BCUT2D eigenvalue weighted by molar-refractivity contribution is -0.111. The van der Waals surface area contributed by atoms with Gasteiger partial charge in [0.05, 0.1) is 29.7 Å². The van der Waals surface area contributed by atoms with E-state index >= 15 is 0 Å². The Hall–Kier alpha value is -4.32. The van der Waals surface area contributed by atoms with Crippen LogP contribution in [0.25, 0.3) is 16.8 Å². The molecule has 6 heteroatoms. The number of methoxy groups -OCH3 is 1. The fourth-order valence-electron chi connectivity index (χ4n) is 4.09. The third-order valence-electron chi connectivity index (χ3n) is 5.61. The fourth-order valence-corrected chi connectivity index (χ4v) is 4.09. The molecule has 32 heavy (non-hydrogen) atoms. The highest BCUT2D eigenvalue weighted by atomic mass is 16.5. The lowest BCUT2D eigenvalue weighted by atomic mass is 10.1. The SMILES string of the molecule is C=C1N=C(Nc2c(C)c(-c3ccc(OC)cc3)n3ccccc23)C(=O)N1c1ccccc1. The van der Waals surface area contributed by atoms with Crippen LogP contribution in [0.5, 0.6) is 5.75 Å². The van der Waals surface area contributed by atoms with Gasteiger partial charge in [0.25, 0.3) is 5.91 Å². The van der Waals surface area contributed by atoms with E-state index in [4.69, 9.17) is 4.74 Å². The molecule has 1 aliphatic rings. The number of amidine groups is 1. The van der Waals surface area contributed by atoms with Crippen molar-refractivity contribution < 1.29 is 9.53 Å². The monoisotopic (exact) mass is 422 g/mol. The third-order valence-corrected chi connectivity index (χ3v) is 5.61. The Balaban J connectivity index is 1.56. The van der Waals surface area contributed by atoms with E-state index in [-0.39, 0.29) is 11.7 Å². The van der Waals surface area contributed by atoms with Gasteiger partial charge in [-0.3, -0.25) is 9.69 Å². The van der Waals surface area contributed by atoms with E-state index in [1.165, 1.54) is 4.90 Å². The minimum absolute atomic E-state index is 0.234. The first-order chi connectivity index (χ1) is 15.6. The molecule has 0 atom stereocenters. The van der Waals surface area contributed by atoms with Crippen molar-refractivity contribution in [1.82, 2.24) is 4.40 Å². The Bertz CT molecular complexity index is 1370. The van der Waals surface area contributed by atoms with Gasteiger partial charge < -0.3 is 14.5 Å². The Kier molecular flexibility index (Phi) is 4.75. The minimum atomic E-state index is -0.234. The summed E-state index contributed by atoms with van der Waals surface area (Å²) in [4.78, 5) is 19.1. The summed E-state index contributed by atoms with van der Waals surface area (Å²) in [6.45, 7) is 6.01. The van der Waals surface area contributed by atoms with Crippen LogP contribution < -0.4 is 15.0 Å². The van der Waals surface area contributed by atoms with Crippen molar-refractivity contribution in [2.75, 3.05) is 17.3 Å². The first-order valence-corrected chi connectivity index (χ1v) is 10.3. The van der Waals surface area contributed by atoms with Crippen molar-refractivity contribution >= 4 is 28.6 Å². The summed E-state index contributed by atoms with van der Waals surface area (Å²) in [5.41, 5.74) is 5.63. The second-order valence-corrected chi connectivity index (χ2v) is 7.51. The summed E-state index contributed by atoms with van der Waals surface area (Å²) in [5.74, 6) is 1.21. The van der Waals surface area contributed by atoms with Crippen LogP contribution in [-0.2, 0) is 4.79 Å². The number of carbonyl (C=O) groups excluding carboxylic acids is 1. The van der Waals surface area contributed by atoms with E-state index in [9.17, 15) is 4.79 Å². The number of amides is 1. The van der Waals surface area contributed by atoms with Crippen molar-refractivity contribution in [2.45, 2.75) is 6.92 Å². The summed E-state index contributed by atoms with van der Waals surface area (Å²) in [6, 6.07) is 23.3. The molecule has 3 heterocycles. The van der Waals surface area contributed by atoms with Gasteiger partial charge in [-0.2, -0.15) is 0 Å². The molecule has 0 saturated carbocycles. The maximum Gasteiger partial charge on any atom is 0.299 e. The molecule has 5 rings (SSSR count). The molecule has 2 aromatic carbocycles. The summed E-state index contributed by atoms with van der Waals surface area (Å²) in [7, 11) is 1.65. The zero-order valence-corrected chi connectivity index (χ0v) is 17.9. The molecule has 0 spiro atoms. The normalized spacial score (nSPS) is 13.6. The van der Waals surface area contributed by atoms with E-state index in [2.05, 4.69) is 21.3 Å². The van der Waals surface area contributed by atoms with Crippen LogP contribution in [0.1, 0.15) is 5.56 Å². The van der Waals surface area contributed by atoms with Crippen LogP contribution in [0.2, 0.25) is 0 Å². The second kappa shape index (κ2) is 7.74. The number of anilines is 2. The molecule has 1 amide bonds. The van der Waals surface area contributed by atoms with Gasteiger partial charge in [0, 0.05) is 6.20 Å². The molecule has 1 aliphatic heterocycles. The van der Waals surface area contributed by atoms with Gasteiger partial charge >= 0.3 is 0 Å². The summed E-state index contributed by atoms with van der Waals surface area (Å²) >= 11 is 0. The molecule has 0 unspecified atom stereocenters. The number of pyridine rings is 1. The molecule has 0 saturated heterocycles. The minimum Gasteiger partial charge on any atom is -0.497 e. The first kappa shape index (κ1) is 19.6. The fraction of sp³-hybridized carbons (Fsp3) is 0.0769.